The van der Waals surface area contributed by atoms with E-state index < -0.39 is 0 Å². The quantitative estimate of drug-likeness (QED) is 0.562. The van der Waals surface area contributed by atoms with Gasteiger partial charge in [-0.15, -0.1) is 0 Å². The number of hydrogen-bond donors (Lipinski definition) is 0. The predicted octanol–water partition coefficient (Wildman–Crippen LogP) is 5.78. The zero-order valence-corrected chi connectivity index (χ0v) is 11.6. The van der Waals surface area contributed by atoms with Crippen LogP contribution >= 0.6 is 15.9 Å². The Labute approximate surface area is 128 Å². The molecule has 0 radical (unpaired) electrons. The van der Waals surface area contributed by atoms with E-state index in [2.05, 4.69) is 15.9 Å². The molecule has 0 amide bonds. The Morgan fingerprint density at radius 2 is 1.00 bits per heavy atom. The fourth-order valence-electron chi connectivity index (χ4n) is 1.87. The standard InChI is InChI=1S/C18H13Br/c19-18-12-10-17(11-13-18)16-8-6-15(7-9-16)14-4-2-1-3-5-14/h1-13H/i1D,2D,3D,4D,5D. The molecule has 0 saturated carbocycles. The Morgan fingerprint density at radius 1 is 0.579 bits per heavy atom. The van der Waals surface area contributed by atoms with Crippen molar-refractivity contribution in [3.8, 4) is 22.3 Å². The summed E-state index contributed by atoms with van der Waals surface area (Å²) < 4.78 is 40.3. The molecule has 0 aromatic heterocycles. The molecule has 0 heterocycles. The van der Waals surface area contributed by atoms with Crippen molar-refractivity contribution in [1.29, 1.82) is 0 Å². The van der Waals surface area contributed by atoms with Gasteiger partial charge in [-0.25, -0.2) is 0 Å². The van der Waals surface area contributed by atoms with Crippen LogP contribution in [0.5, 0.6) is 0 Å². The van der Waals surface area contributed by atoms with E-state index in [1.165, 1.54) is 0 Å². The second-order valence-electron chi connectivity index (χ2n) is 4.08. The molecule has 0 aliphatic rings. The second-order valence-corrected chi connectivity index (χ2v) is 5.00. The lowest BCUT2D eigenvalue weighted by Crippen LogP contribution is -1.80. The largest absolute Gasteiger partial charge is 0.0629 e. The molecule has 0 atom stereocenters. The van der Waals surface area contributed by atoms with Gasteiger partial charge < -0.3 is 0 Å². The predicted molar refractivity (Wildman–Crippen MR) is 85.0 cm³/mol. The molecule has 1 heteroatoms. The monoisotopic (exact) mass is 313 g/mol. The van der Waals surface area contributed by atoms with Gasteiger partial charge in [0.2, 0.25) is 0 Å². The van der Waals surface area contributed by atoms with Gasteiger partial charge in [-0.05, 0) is 34.4 Å². The van der Waals surface area contributed by atoms with Gasteiger partial charge in [-0.3, -0.25) is 0 Å². The summed E-state index contributed by atoms with van der Waals surface area (Å²) >= 11 is 3.40. The molecule has 0 fully saturated rings. The molecule has 0 aliphatic carbocycles. The maximum absolute atomic E-state index is 8.04. The van der Waals surface area contributed by atoms with Gasteiger partial charge in [-0.1, -0.05) is 82.5 Å². The van der Waals surface area contributed by atoms with E-state index in [9.17, 15) is 0 Å². The Bertz CT molecular complexity index is 873. The van der Waals surface area contributed by atoms with Crippen molar-refractivity contribution in [2.75, 3.05) is 0 Å². The van der Waals surface area contributed by atoms with Crippen molar-refractivity contribution in [3.63, 3.8) is 0 Å². The van der Waals surface area contributed by atoms with Gasteiger partial charge in [0.25, 0.3) is 0 Å². The van der Waals surface area contributed by atoms with E-state index in [4.69, 9.17) is 6.85 Å². The summed E-state index contributed by atoms with van der Waals surface area (Å²) in [4.78, 5) is 0. The van der Waals surface area contributed by atoms with Crippen LogP contribution in [0.3, 0.4) is 0 Å². The van der Waals surface area contributed by atoms with Crippen molar-refractivity contribution in [2.24, 2.45) is 0 Å². The van der Waals surface area contributed by atoms with Gasteiger partial charge in [0.1, 0.15) is 0 Å². The van der Waals surface area contributed by atoms with Crippen molar-refractivity contribution in [3.05, 3.63) is 83.2 Å². The smallest absolute Gasteiger partial charge is 0.0622 e. The zero-order valence-electron chi connectivity index (χ0n) is 15.0. The number of halogens is 1. The molecule has 3 rings (SSSR count). The Morgan fingerprint density at radius 3 is 1.53 bits per heavy atom. The first kappa shape index (κ1) is 7.66. The van der Waals surface area contributed by atoms with Crippen LogP contribution in [0.2, 0.25) is 0 Å². The highest BCUT2D eigenvalue weighted by atomic mass is 79.9. The minimum atomic E-state index is -0.375. The first-order chi connectivity index (χ1) is 11.4. The summed E-state index contributed by atoms with van der Waals surface area (Å²) in [6.07, 6.45) is 0. The molecule has 0 unspecified atom stereocenters. The third-order valence-corrected chi connectivity index (χ3v) is 3.38. The number of hydrogen-bond acceptors (Lipinski definition) is 0. The van der Waals surface area contributed by atoms with Gasteiger partial charge >= 0.3 is 0 Å². The van der Waals surface area contributed by atoms with Crippen LogP contribution in [0.25, 0.3) is 22.3 Å². The lowest BCUT2D eigenvalue weighted by atomic mass is 10.0. The van der Waals surface area contributed by atoms with Crippen LogP contribution in [-0.2, 0) is 0 Å². The Balaban J connectivity index is 2.08. The topological polar surface area (TPSA) is 0 Å². The van der Waals surface area contributed by atoms with Crippen molar-refractivity contribution in [2.45, 2.75) is 0 Å². The summed E-state index contributed by atoms with van der Waals surface area (Å²) in [6.45, 7) is 0. The van der Waals surface area contributed by atoms with Gasteiger partial charge in [0.15, 0.2) is 0 Å². The molecule has 0 aliphatic heterocycles. The molecular formula is C18H13Br. The van der Waals surface area contributed by atoms with Gasteiger partial charge in [0, 0.05) is 4.47 Å². The Hall–Kier alpha value is -1.86. The molecule has 0 spiro atoms. The molecule has 19 heavy (non-hydrogen) atoms. The van der Waals surface area contributed by atoms with Gasteiger partial charge in [0.05, 0.1) is 6.85 Å². The molecule has 0 bridgehead atoms. The number of rotatable bonds is 2. The van der Waals surface area contributed by atoms with Gasteiger partial charge in [-0.2, -0.15) is 0 Å². The fraction of sp³-hybridized carbons (Fsp3) is 0. The van der Waals surface area contributed by atoms with E-state index in [1.54, 1.807) is 12.1 Å². The summed E-state index contributed by atoms with van der Waals surface area (Å²) in [5.41, 5.74) is 2.88. The van der Waals surface area contributed by atoms with Crippen LogP contribution in [0, 0.1) is 0 Å². The normalized spacial score (nSPS) is 14.1. The third-order valence-electron chi connectivity index (χ3n) is 2.85. The first-order valence-corrected chi connectivity index (χ1v) is 6.62. The van der Waals surface area contributed by atoms with Crippen molar-refractivity contribution >= 4 is 15.9 Å². The number of benzene rings is 3. The fourth-order valence-corrected chi connectivity index (χ4v) is 2.13. The summed E-state index contributed by atoms with van der Waals surface area (Å²) in [7, 11) is 0. The summed E-state index contributed by atoms with van der Waals surface area (Å²) in [5.74, 6) is 0. The molecule has 0 N–H and O–H groups in total. The van der Waals surface area contributed by atoms with Crippen LogP contribution in [-0.4, -0.2) is 0 Å². The second kappa shape index (κ2) is 5.41. The third kappa shape index (κ3) is 2.77. The highest BCUT2D eigenvalue weighted by Crippen LogP contribution is 2.25. The zero-order chi connectivity index (χ0) is 17.4. The average molecular weight is 314 g/mol. The summed E-state index contributed by atoms with van der Waals surface area (Å²) in [6, 6.07) is 13.9. The molecule has 92 valence electrons. The highest BCUT2D eigenvalue weighted by Gasteiger charge is 1.99. The van der Waals surface area contributed by atoms with Crippen LogP contribution < -0.4 is 0 Å². The SMILES string of the molecule is [2H]c1c([2H])c([2H])c(-c2ccc(-c3ccc(Br)cc3)cc2)c([2H])c1[2H]. The first-order valence-electron chi connectivity index (χ1n) is 8.33. The van der Waals surface area contributed by atoms with Crippen LogP contribution in [0.15, 0.2) is 83.2 Å². The van der Waals surface area contributed by atoms with Crippen LogP contribution in [0.4, 0.5) is 0 Å². The molecule has 3 aromatic rings. The minimum absolute atomic E-state index is 0.183. The van der Waals surface area contributed by atoms with E-state index in [0.717, 1.165) is 15.6 Å². The molecule has 3 aromatic carbocycles. The molecule has 0 nitrogen and oxygen atoms in total. The maximum Gasteiger partial charge on any atom is 0.0629 e. The van der Waals surface area contributed by atoms with Crippen LogP contribution in [0.1, 0.15) is 6.85 Å². The van der Waals surface area contributed by atoms with Crippen molar-refractivity contribution in [1.82, 2.24) is 0 Å². The average Bonchev–Trinajstić information content (AvgIpc) is 2.60. The Kier molecular flexibility index (Phi) is 2.18. The minimum Gasteiger partial charge on any atom is -0.0622 e. The van der Waals surface area contributed by atoms with Crippen molar-refractivity contribution < 1.29 is 6.85 Å². The lowest BCUT2D eigenvalue weighted by molar-refractivity contribution is 1.58. The van der Waals surface area contributed by atoms with E-state index in [1.807, 2.05) is 36.4 Å². The molecular weight excluding hydrogens is 296 g/mol. The molecule has 0 saturated heterocycles. The van der Waals surface area contributed by atoms with E-state index >= 15 is 0 Å². The summed E-state index contributed by atoms with van der Waals surface area (Å²) in [5, 5.41) is 0. The lowest BCUT2D eigenvalue weighted by Gasteiger charge is -2.05. The van der Waals surface area contributed by atoms with E-state index in [0.29, 0.717) is 5.56 Å². The highest BCUT2D eigenvalue weighted by molar-refractivity contribution is 9.10. The maximum atomic E-state index is 8.04. The van der Waals surface area contributed by atoms with E-state index in [-0.39, 0.29) is 35.8 Å².